The van der Waals surface area contributed by atoms with Gasteiger partial charge in [-0.15, -0.1) is 0 Å². The minimum absolute atomic E-state index is 0.00957. The smallest absolute Gasteiger partial charge is 0.231 e. The highest BCUT2D eigenvalue weighted by atomic mass is 32.2. The van der Waals surface area contributed by atoms with Crippen LogP contribution >= 0.6 is 11.8 Å². The molecule has 6 heteroatoms. The highest BCUT2D eigenvalue weighted by molar-refractivity contribution is 8.00. The first kappa shape index (κ1) is 14.2. The van der Waals surface area contributed by atoms with Crippen molar-refractivity contribution in [3.63, 3.8) is 0 Å². The van der Waals surface area contributed by atoms with Crippen molar-refractivity contribution in [2.24, 2.45) is 22.7 Å². The lowest BCUT2D eigenvalue weighted by Gasteiger charge is -2.20. The quantitative estimate of drug-likeness (QED) is 0.287. The molecule has 1 rings (SSSR count). The molecule has 0 heterocycles. The minimum Gasteiger partial charge on any atom is -0.409 e. The third kappa shape index (κ3) is 3.52. The summed E-state index contributed by atoms with van der Waals surface area (Å²) in [6, 6.07) is 0. The summed E-state index contributed by atoms with van der Waals surface area (Å²) in [6.07, 6.45) is 4.34. The van der Waals surface area contributed by atoms with Crippen LogP contribution < -0.4 is 11.1 Å². The van der Waals surface area contributed by atoms with Crippen molar-refractivity contribution in [1.82, 2.24) is 5.32 Å². The number of carbonyl (C=O) groups excluding carboxylic acids is 1. The number of thioether (sulfide) groups is 1. The number of amides is 1. The molecule has 0 saturated heterocycles. The Bertz CT molecular complexity index is 314. The Morgan fingerprint density at radius 1 is 1.59 bits per heavy atom. The van der Waals surface area contributed by atoms with Gasteiger partial charge in [0, 0.05) is 11.3 Å². The first-order valence-corrected chi connectivity index (χ1v) is 6.98. The van der Waals surface area contributed by atoms with Crippen LogP contribution in [0.4, 0.5) is 0 Å². The lowest BCUT2D eigenvalue weighted by atomic mass is 9.94. The van der Waals surface area contributed by atoms with E-state index in [0.29, 0.717) is 6.54 Å². The van der Waals surface area contributed by atoms with Gasteiger partial charge in [0.1, 0.15) is 5.92 Å². The van der Waals surface area contributed by atoms with Crippen LogP contribution in [0, 0.1) is 11.8 Å². The fraction of sp³-hybridized carbons (Fsp3) is 0.818. The topological polar surface area (TPSA) is 87.7 Å². The average molecular weight is 259 g/mol. The van der Waals surface area contributed by atoms with Crippen LogP contribution in [0.1, 0.15) is 26.7 Å². The molecule has 1 saturated carbocycles. The van der Waals surface area contributed by atoms with E-state index in [0.717, 1.165) is 12.8 Å². The molecular formula is C11H21N3O2S. The van der Waals surface area contributed by atoms with Crippen LogP contribution in [0.3, 0.4) is 0 Å². The van der Waals surface area contributed by atoms with Gasteiger partial charge in [0.25, 0.3) is 0 Å². The molecule has 1 unspecified atom stereocenters. The zero-order chi connectivity index (χ0) is 13.1. The number of oxime groups is 1. The van der Waals surface area contributed by atoms with Gasteiger partial charge in [-0.3, -0.25) is 4.79 Å². The molecule has 1 aliphatic carbocycles. The molecule has 1 fully saturated rings. The minimum atomic E-state index is -0.558. The second kappa shape index (κ2) is 5.62. The highest BCUT2D eigenvalue weighted by Gasteiger charge is 2.42. The largest absolute Gasteiger partial charge is 0.409 e. The summed E-state index contributed by atoms with van der Waals surface area (Å²) in [5.41, 5.74) is 5.54. The van der Waals surface area contributed by atoms with Crippen LogP contribution in [0.25, 0.3) is 0 Å². The number of hydrogen-bond acceptors (Lipinski definition) is 4. The number of nitrogens with zero attached hydrogens (tertiary/aromatic N) is 1. The van der Waals surface area contributed by atoms with Crippen molar-refractivity contribution in [3.8, 4) is 0 Å². The SMILES string of the molecule is CSC1(CNC(=O)C(C(N)=NO)C(C)C)CC1. The lowest BCUT2D eigenvalue weighted by Crippen LogP contribution is -2.44. The summed E-state index contributed by atoms with van der Waals surface area (Å²) >= 11 is 1.79. The molecule has 1 aliphatic rings. The van der Waals surface area contributed by atoms with E-state index in [1.807, 2.05) is 13.8 Å². The third-order valence-electron chi connectivity index (χ3n) is 3.21. The molecule has 1 atom stereocenters. The maximum absolute atomic E-state index is 12.0. The van der Waals surface area contributed by atoms with Gasteiger partial charge in [0.15, 0.2) is 5.84 Å². The second-order valence-electron chi connectivity index (χ2n) is 4.85. The summed E-state index contributed by atoms with van der Waals surface area (Å²) in [4.78, 5) is 12.0. The second-order valence-corrected chi connectivity index (χ2v) is 6.13. The molecule has 0 bridgehead atoms. The molecule has 1 amide bonds. The van der Waals surface area contributed by atoms with Crippen molar-refractivity contribution < 1.29 is 10.0 Å². The lowest BCUT2D eigenvalue weighted by molar-refractivity contribution is -0.124. The van der Waals surface area contributed by atoms with Crippen LogP contribution in [-0.2, 0) is 4.79 Å². The molecule has 0 radical (unpaired) electrons. The number of nitrogens with one attached hydrogen (secondary N) is 1. The van der Waals surface area contributed by atoms with E-state index in [1.54, 1.807) is 11.8 Å². The first-order chi connectivity index (χ1) is 7.95. The predicted octanol–water partition coefficient (Wildman–Crippen LogP) is 1.02. The van der Waals surface area contributed by atoms with Gasteiger partial charge in [-0.1, -0.05) is 19.0 Å². The predicted molar refractivity (Wildman–Crippen MR) is 70.2 cm³/mol. The maximum atomic E-state index is 12.0. The molecule has 4 N–H and O–H groups in total. The van der Waals surface area contributed by atoms with Crippen LogP contribution in [-0.4, -0.2) is 34.5 Å². The Balaban J connectivity index is 2.54. The van der Waals surface area contributed by atoms with Gasteiger partial charge in [-0.05, 0) is 25.0 Å². The standard InChI is InChI=1S/C11H21N3O2S/c1-7(2)8(9(12)14-16)10(15)13-6-11(17-3)4-5-11/h7-8,16H,4-6H2,1-3H3,(H2,12,14)(H,13,15). The Morgan fingerprint density at radius 2 is 2.18 bits per heavy atom. The molecule has 0 aromatic heterocycles. The Kier molecular flexibility index (Phi) is 4.68. The van der Waals surface area contributed by atoms with Gasteiger partial charge in [0.2, 0.25) is 5.91 Å². The molecule has 0 aliphatic heterocycles. The molecule has 0 aromatic carbocycles. The molecule has 98 valence electrons. The number of nitrogens with two attached hydrogens (primary N) is 1. The summed E-state index contributed by atoms with van der Waals surface area (Å²) in [6.45, 7) is 4.42. The zero-order valence-corrected chi connectivity index (χ0v) is 11.4. The highest BCUT2D eigenvalue weighted by Crippen LogP contribution is 2.46. The molecule has 0 spiro atoms. The number of carbonyl (C=O) groups is 1. The molecule has 5 nitrogen and oxygen atoms in total. The third-order valence-corrected chi connectivity index (χ3v) is 4.63. The summed E-state index contributed by atoms with van der Waals surface area (Å²) in [7, 11) is 0. The van der Waals surface area contributed by atoms with E-state index in [-0.39, 0.29) is 22.4 Å². The van der Waals surface area contributed by atoms with Crippen LogP contribution in [0.2, 0.25) is 0 Å². The Morgan fingerprint density at radius 3 is 2.53 bits per heavy atom. The van der Waals surface area contributed by atoms with Gasteiger partial charge in [-0.25, -0.2) is 0 Å². The summed E-state index contributed by atoms with van der Waals surface area (Å²) in [5.74, 6) is -0.727. The van der Waals surface area contributed by atoms with E-state index < -0.39 is 5.92 Å². The summed E-state index contributed by atoms with van der Waals surface area (Å²) in [5, 5.41) is 14.5. The number of hydrogen-bond donors (Lipinski definition) is 3. The number of rotatable bonds is 6. The van der Waals surface area contributed by atoms with Crippen molar-refractivity contribution in [1.29, 1.82) is 0 Å². The van der Waals surface area contributed by atoms with E-state index in [4.69, 9.17) is 10.9 Å². The van der Waals surface area contributed by atoms with E-state index in [2.05, 4.69) is 16.7 Å². The van der Waals surface area contributed by atoms with Crippen LogP contribution in [0.5, 0.6) is 0 Å². The fourth-order valence-electron chi connectivity index (χ4n) is 1.79. The normalized spacial score (nSPS) is 20.1. The molecular weight excluding hydrogens is 238 g/mol. The van der Waals surface area contributed by atoms with E-state index >= 15 is 0 Å². The Hall–Kier alpha value is -0.910. The maximum Gasteiger partial charge on any atom is 0.231 e. The van der Waals surface area contributed by atoms with E-state index in [9.17, 15) is 4.79 Å². The van der Waals surface area contributed by atoms with Crippen molar-refractivity contribution in [2.75, 3.05) is 12.8 Å². The molecule has 17 heavy (non-hydrogen) atoms. The molecule has 0 aromatic rings. The van der Waals surface area contributed by atoms with Gasteiger partial charge in [0.05, 0.1) is 0 Å². The van der Waals surface area contributed by atoms with Crippen LogP contribution in [0.15, 0.2) is 5.16 Å². The summed E-state index contributed by atoms with van der Waals surface area (Å²) < 4.78 is 0.225. The average Bonchev–Trinajstić information content (AvgIpc) is 3.06. The van der Waals surface area contributed by atoms with E-state index in [1.165, 1.54) is 0 Å². The van der Waals surface area contributed by atoms with Gasteiger partial charge < -0.3 is 16.3 Å². The van der Waals surface area contributed by atoms with Crippen molar-refractivity contribution in [3.05, 3.63) is 0 Å². The van der Waals surface area contributed by atoms with Crippen molar-refractivity contribution in [2.45, 2.75) is 31.4 Å². The monoisotopic (exact) mass is 259 g/mol. The van der Waals surface area contributed by atoms with Crippen molar-refractivity contribution >= 4 is 23.5 Å². The Labute approximate surface area is 106 Å². The van der Waals surface area contributed by atoms with Gasteiger partial charge in [-0.2, -0.15) is 11.8 Å². The number of amidine groups is 1. The fourth-order valence-corrected chi connectivity index (χ4v) is 2.52. The van der Waals surface area contributed by atoms with Gasteiger partial charge >= 0.3 is 0 Å². The zero-order valence-electron chi connectivity index (χ0n) is 10.6. The first-order valence-electron chi connectivity index (χ1n) is 5.76.